The van der Waals surface area contributed by atoms with Crippen LogP contribution in [0.4, 0.5) is 0 Å². The molecule has 0 aliphatic heterocycles. The molecular weight excluding hydrogens is 612 g/mol. The fourth-order valence-electron chi connectivity index (χ4n) is 5.83. The molecular formula is C42H44N2O5. The summed E-state index contributed by atoms with van der Waals surface area (Å²) in [6.45, 7) is 2.53. The molecule has 0 unspecified atom stereocenters. The molecule has 6 aromatic rings. The summed E-state index contributed by atoms with van der Waals surface area (Å²) in [4.78, 5) is 23.6. The highest BCUT2D eigenvalue weighted by Crippen LogP contribution is 2.39. The minimum Gasteiger partial charge on any atom is -0.545 e. The number of carbonyl (C=O) groups is 2. The zero-order valence-electron chi connectivity index (χ0n) is 27.9. The molecule has 0 fully saturated rings. The third-order valence-electron chi connectivity index (χ3n) is 8.50. The predicted octanol–water partition coefficient (Wildman–Crippen LogP) is 4.90. The van der Waals surface area contributed by atoms with Crippen LogP contribution in [0.3, 0.4) is 0 Å². The Kier molecular flexibility index (Phi) is 13.6. The average Bonchev–Trinajstić information content (AvgIpc) is 3.14. The van der Waals surface area contributed by atoms with Gasteiger partial charge in [0.25, 0.3) is 0 Å². The molecule has 0 radical (unpaired) electrons. The molecule has 49 heavy (non-hydrogen) atoms. The number of benzene rings is 6. The first-order chi connectivity index (χ1) is 23.8. The molecule has 252 valence electrons. The second kappa shape index (κ2) is 18.3. The summed E-state index contributed by atoms with van der Waals surface area (Å²) in [5, 5.41) is 34.8. The van der Waals surface area contributed by atoms with Gasteiger partial charge in [0.2, 0.25) is 0 Å². The minimum atomic E-state index is -1.36. The van der Waals surface area contributed by atoms with Crippen LogP contribution in [0.1, 0.15) is 76.5 Å². The summed E-state index contributed by atoms with van der Waals surface area (Å²) < 4.78 is 0. The monoisotopic (exact) mass is 656 g/mol. The first-order valence-corrected chi connectivity index (χ1v) is 16.6. The van der Waals surface area contributed by atoms with Crippen LogP contribution >= 0.6 is 0 Å². The topological polar surface area (TPSA) is 156 Å². The van der Waals surface area contributed by atoms with Crippen LogP contribution in [-0.4, -0.2) is 23.7 Å². The second-order valence-electron chi connectivity index (χ2n) is 11.8. The van der Waals surface area contributed by atoms with Crippen molar-refractivity contribution >= 4 is 33.5 Å². The number of carboxylic acids is 2. The van der Waals surface area contributed by atoms with Gasteiger partial charge in [-0.05, 0) is 39.1 Å². The molecule has 0 aliphatic rings. The van der Waals surface area contributed by atoms with Gasteiger partial charge in [0.05, 0.1) is 11.9 Å². The maximum atomic E-state index is 11.8. The predicted molar refractivity (Wildman–Crippen MR) is 191 cm³/mol. The van der Waals surface area contributed by atoms with Crippen LogP contribution in [0.25, 0.3) is 32.7 Å². The van der Waals surface area contributed by atoms with Crippen molar-refractivity contribution in [2.75, 3.05) is 6.61 Å². The lowest BCUT2D eigenvalue weighted by molar-refractivity contribution is -0.540. The molecule has 0 saturated carbocycles. The van der Waals surface area contributed by atoms with Gasteiger partial charge in [-0.15, -0.1) is 0 Å². The lowest BCUT2D eigenvalue weighted by Crippen LogP contribution is -2.68. The zero-order chi connectivity index (χ0) is 35.2. The summed E-state index contributed by atoms with van der Waals surface area (Å²) in [6, 6.07) is 41.9. The van der Waals surface area contributed by atoms with Crippen molar-refractivity contribution in [3.8, 4) is 11.1 Å². The summed E-state index contributed by atoms with van der Waals surface area (Å²) in [5.74, 6) is -2.72. The number of hydrogen-bond acceptors (Lipinski definition) is 5. The first kappa shape index (κ1) is 36.5. The molecule has 6 rings (SSSR count). The van der Waals surface area contributed by atoms with Gasteiger partial charge in [0, 0.05) is 28.9 Å². The normalized spacial score (nSPS) is 11.8. The fraction of sp³-hybridized carbons (Fsp3) is 0.190. The molecule has 0 amide bonds. The Morgan fingerprint density at radius 2 is 0.939 bits per heavy atom. The van der Waals surface area contributed by atoms with E-state index < -0.39 is 11.9 Å². The number of quaternary nitrogens is 2. The number of carbonyl (C=O) groups excluding carboxylic acids is 2. The zero-order valence-corrected chi connectivity index (χ0v) is 27.9. The van der Waals surface area contributed by atoms with E-state index in [-0.39, 0.29) is 23.2 Å². The van der Waals surface area contributed by atoms with Gasteiger partial charge in [-0.2, -0.15) is 0 Å². The van der Waals surface area contributed by atoms with E-state index in [1.165, 1.54) is 42.5 Å². The van der Waals surface area contributed by atoms with Gasteiger partial charge in [0.1, 0.15) is 0 Å². The van der Waals surface area contributed by atoms with Crippen molar-refractivity contribution in [2.45, 2.75) is 44.7 Å². The SMILES string of the molecule is CCCCCCO.O=C([O-])c1ccc2ccccc2c1-c1c(C(=O)[O-])ccc2ccccc12.[NH3+][C@H](c1ccccc1)[C@H]([NH3+])c1ccccc1. The average molecular weight is 657 g/mol. The van der Waals surface area contributed by atoms with Crippen molar-refractivity contribution in [1.82, 2.24) is 0 Å². The highest BCUT2D eigenvalue weighted by atomic mass is 16.4. The maximum absolute atomic E-state index is 11.8. The molecule has 7 N–H and O–H groups in total. The number of aromatic carboxylic acids is 2. The molecule has 0 heterocycles. The Morgan fingerprint density at radius 3 is 1.31 bits per heavy atom. The van der Waals surface area contributed by atoms with Gasteiger partial charge in [-0.3, -0.25) is 0 Å². The highest BCUT2D eigenvalue weighted by Gasteiger charge is 2.23. The Balaban J connectivity index is 0.000000200. The molecule has 0 saturated heterocycles. The molecule has 7 nitrogen and oxygen atoms in total. The molecule has 0 spiro atoms. The first-order valence-electron chi connectivity index (χ1n) is 16.6. The van der Waals surface area contributed by atoms with Crippen LogP contribution in [-0.2, 0) is 0 Å². The molecule has 7 heteroatoms. The molecule has 2 atom stereocenters. The van der Waals surface area contributed by atoms with E-state index >= 15 is 0 Å². The fourth-order valence-corrected chi connectivity index (χ4v) is 5.83. The van der Waals surface area contributed by atoms with E-state index in [1.807, 2.05) is 60.7 Å². The summed E-state index contributed by atoms with van der Waals surface area (Å²) in [6.07, 6.45) is 4.68. The third-order valence-corrected chi connectivity index (χ3v) is 8.50. The van der Waals surface area contributed by atoms with Crippen molar-refractivity contribution in [1.29, 1.82) is 0 Å². The highest BCUT2D eigenvalue weighted by molar-refractivity contribution is 6.16. The Labute approximate surface area is 287 Å². The molecule has 6 aromatic carbocycles. The van der Waals surface area contributed by atoms with Gasteiger partial charge in [-0.1, -0.05) is 160 Å². The van der Waals surface area contributed by atoms with E-state index in [4.69, 9.17) is 5.11 Å². The van der Waals surface area contributed by atoms with E-state index in [9.17, 15) is 19.8 Å². The second-order valence-corrected chi connectivity index (χ2v) is 11.8. The van der Waals surface area contributed by atoms with Gasteiger partial charge >= 0.3 is 0 Å². The Morgan fingerprint density at radius 1 is 0.551 bits per heavy atom. The van der Waals surface area contributed by atoms with Crippen LogP contribution in [0.5, 0.6) is 0 Å². The lowest BCUT2D eigenvalue weighted by atomic mass is 9.87. The van der Waals surface area contributed by atoms with Crippen molar-refractivity contribution in [3.05, 3.63) is 156 Å². The van der Waals surface area contributed by atoms with Gasteiger partial charge < -0.3 is 36.4 Å². The van der Waals surface area contributed by atoms with Crippen molar-refractivity contribution < 1.29 is 36.4 Å². The summed E-state index contributed by atoms with van der Waals surface area (Å²) in [5.41, 5.74) is 11.5. The third kappa shape index (κ3) is 9.39. The molecule has 0 bridgehead atoms. The van der Waals surface area contributed by atoms with Crippen molar-refractivity contribution in [3.63, 3.8) is 0 Å². The van der Waals surface area contributed by atoms with Gasteiger partial charge in [0.15, 0.2) is 12.1 Å². The standard InChI is InChI=1S/C22H14O4.C14H16N2.C6H14O/c23-21(24)17-11-9-13-5-1-3-7-15(13)19(17)20-16-8-4-2-6-14(16)10-12-18(20)22(25)26;15-13(11-7-3-1-4-8-11)14(16)12-9-5-2-6-10-12;1-2-3-4-5-6-7/h1-12H,(H,23,24)(H,25,26);1-10,13-14H,15-16H2;7H,2-6H2,1H3/t;13-,14-;/m.1./s1. The lowest BCUT2D eigenvalue weighted by Gasteiger charge is -2.20. The number of aliphatic hydroxyl groups excluding tert-OH is 1. The van der Waals surface area contributed by atoms with Crippen LogP contribution in [0, 0.1) is 0 Å². The maximum Gasteiger partial charge on any atom is 0.167 e. The van der Waals surface area contributed by atoms with E-state index in [0.29, 0.717) is 28.5 Å². The van der Waals surface area contributed by atoms with Crippen LogP contribution in [0.15, 0.2) is 133 Å². The smallest absolute Gasteiger partial charge is 0.167 e. The largest absolute Gasteiger partial charge is 0.545 e. The number of aliphatic hydroxyl groups is 1. The summed E-state index contributed by atoms with van der Waals surface area (Å²) >= 11 is 0. The number of hydrogen-bond donors (Lipinski definition) is 3. The van der Waals surface area contributed by atoms with Crippen LogP contribution in [0.2, 0.25) is 0 Å². The Hall–Kier alpha value is -5.34. The quantitative estimate of drug-likeness (QED) is 0.179. The number of fused-ring (bicyclic) bond motifs is 2. The van der Waals surface area contributed by atoms with Crippen molar-refractivity contribution in [2.24, 2.45) is 0 Å². The van der Waals surface area contributed by atoms with E-state index in [0.717, 1.165) is 17.2 Å². The molecule has 0 aromatic heterocycles. The Bertz CT molecular complexity index is 1820. The number of carboxylic acid groups (broad SMARTS) is 2. The van der Waals surface area contributed by atoms with E-state index in [1.54, 1.807) is 36.4 Å². The van der Waals surface area contributed by atoms with E-state index in [2.05, 4.69) is 42.7 Å². The number of rotatable bonds is 10. The van der Waals surface area contributed by atoms with Crippen LogP contribution < -0.4 is 21.7 Å². The minimum absolute atomic E-state index is 0.0532. The number of unbranched alkanes of at least 4 members (excludes halogenated alkanes) is 3. The molecule has 0 aliphatic carbocycles. The van der Waals surface area contributed by atoms with Gasteiger partial charge in [-0.25, -0.2) is 0 Å². The summed E-state index contributed by atoms with van der Waals surface area (Å²) in [7, 11) is 0.